The van der Waals surface area contributed by atoms with Gasteiger partial charge in [-0.3, -0.25) is 14.7 Å². The van der Waals surface area contributed by atoms with Crippen LogP contribution in [0.1, 0.15) is 24.0 Å². The van der Waals surface area contributed by atoms with E-state index < -0.39 is 0 Å². The van der Waals surface area contributed by atoms with Gasteiger partial charge >= 0.3 is 0 Å². The maximum Gasteiger partial charge on any atom is 0.224 e. The number of nitrogens with zero attached hydrogens (tertiary/aromatic N) is 2. The number of piperidine rings is 1. The molecule has 4 heteroatoms. The van der Waals surface area contributed by atoms with Gasteiger partial charge in [-0.15, -0.1) is 0 Å². The van der Waals surface area contributed by atoms with Gasteiger partial charge in [0.2, 0.25) is 5.91 Å². The van der Waals surface area contributed by atoms with Gasteiger partial charge < -0.3 is 5.32 Å². The third kappa shape index (κ3) is 4.63. The van der Waals surface area contributed by atoms with Crippen molar-refractivity contribution in [2.24, 2.45) is 5.92 Å². The van der Waals surface area contributed by atoms with Gasteiger partial charge in [-0.1, -0.05) is 30.3 Å². The van der Waals surface area contributed by atoms with E-state index in [-0.39, 0.29) is 11.8 Å². The molecule has 1 aromatic carbocycles. The number of hydrogen-bond donors (Lipinski definition) is 1. The Labute approximate surface area is 137 Å². The SMILES string of the molecule is O=C(NCc1ccncc1)C1CCCN(Cc2ccccc2)C1. The van der Waals surface area contributed by atoms with Crippen molar-refractivity contribution in [3.63, 3.8) is 0 Å². The topological polar surface area (TPSA) is 45.2 Å². The van der Waals surface area contributed by atoms with Crippen LogP contribution in [-0.2, 0) is 17.9 Å². The number of carbonyl (C=O) groups excluding carboxylic acids is 1. The fourth-order valence-electron chi connectivity index (χ4n) is 3.09. The lowest BCUT2D eigenvalue weighted by atomic mass is 9.96. The number of rotatable bonds is 5. The highest BCUT2D eigenvalue weighted by molar-refractivity contribution is 5.78. The number of carbonyl (C=O) groups is 1. The van der Waals surface area contributed by atoms with Gasteiger partial charge in [0.25, 0.3) is 0 Å². The molecule has 23 heavy (non-hydrogen) atoms. The highest BCUT2D eigenvalue weighted by Gasteiger charge is 2.25. The first-order valence-electron chi connectivity index (χ1n) is 8.24. The van der Waals surface area contributed by atoms with Crippen LogP contribution in [0.4, 0.5) is 0 Å². The Kier molecular flexibility index (Phi) is 5.37. The molecule has 3 rings (SSSR count). The van der Waals surface area contributed by atoms with Gasteiger partial charge in [0, 0.05) is 32.0 Å². The van der Waals surface area contributed by atoms with Crippen LogP contribution in [0, 0.1) is 5.92 Å². The van der Waals surface area contributed by atoms with Crippen LogP contribution in [0.15, 0.2) is 54.9 Å². The van der Waals surface area contributed by atoms with Crippen LogP contribution < -0.4 is 5.32 Å². The Hall–Kier alpha value is -2.20. The molecule has 120 valence electrons. The zero-order valence-electron chi connectivity index (χ0n) is 13.3. The number of hydrogen-bond acceptors (Lipinski definition) is 3. The predicted molar refractivity (Wildman–Crippen MR) is 90.5 cm³/mol. The maximum absolute atomic E-state index is 12.4. The lowest BCUT2D eigenvalue weighted by Gasteiger charge is -2.32. The highest BCUT2D eigenvalue weighted by atomic mass is 16.1. The molecule has 4 nitrogen and oxygen atoms in total. The first-order valence-corrected chi connectivity index (χ1v) is 8.24. The zero-order valence-corrected chi connectivity index (χ0v) is 13.3. The van der Waals surface area contributed by atoms with Crippen molar-refractivity contribution in [3.05, 3.63) is 66.0 Å². The van der Waals surface area contributed by atoms with Gasteiger partial charge in [0.05, 0.1) is 5.92 Å². The standard InChI is InChI=1S/C19H23N3O/c23-19(21-13-16-8-10-20-11-9-16)18-7-4-12-22(15-18)14-17-5-2-1-3-6-17/h1-3,5-6,8-11,18H,4,7,12-15H2,(H,21,23). The largest absolute Gasteiger partial charge is 0.352 e. The van der Waals surface area contributed by atoms with E-state index in [1.54, 1.807) is 12.4 Å². The van der Waals surface area contributed by atoms with E-state index in [1.807, 2.05) is 18.2 Å². The minimum Gasteiger partial charge on any atom is -0.352 e. The van der Waals surface area contributed by atoms with E-state index in [9.17, 15) is 4.79 Å². The molecule has 0 radical (unpaired) electrons. The number of amides is 1. The molecular weight excluding hydrogens is 286 g/mol. The molecule has 1 aliphatic heterocycles. The van der Waals surface area contributed by atoms with E-state index in [2.05, 4.69) is 39.5 Å². The molecule has 0 bridgehead atoms. The lowest BCUT2D eigenvalue weighted by molar-refractivity contribution is -0.126. The van der Waals surface area contributed by atoms with Gasteiger partial charge in [-0.2, -0.15) is 0 Å². The van der Waals surface area contributed by atoms with Gasteiger partial charge in [-0.05, 0) is 42.6 Å². The van der Waals surface area contributed by atoms with E-state index in [0.717, 1.165) is 38.0 Å². The molecule has 1 fully saturated rings. The predicted octanol–water partition coefficient (Wildman–Crippen LogP) is 2.61. The number of aromatic nitrogens is 1. The summed E-state index contributed by atoms with van der Waals surface area (Å²) in [6.45, 7) is 3.42. The maximum atomic E-state index is 12.4. The Morgan fingerprint density at radius 3 is 2.70 bits per heavy atom. The van der Waals surface area contributed by atoms with E-state index in [1.165, 1.54) is 5.56 Å². The van der Waals surface area contributed by atoms with Crippen molar-refractivity contribution in [2.75, 3.05) is 13.1 Å². The van der Waals surface area contributed by atoms with Crippen molar-refractivity contribution < 1.29 is 4.79 Å². The van der Waals surface area contributed by atoms with Crippen molar-refractivity contribution in [3.8, 4) is 0 Å². The van der Waals surface area contributed by atoms with Crippen LogP contribution >= 0.6 is 0 Å². The minimum atomic E-state index is 0.0919. The molecule has 1 aliphatic rings. The molecule has 1 unspecified atom stereocenters. The quantitative estimate of drug-likeness (QED) is 0.923. The van der Waals surface area contributed by atoms with Crippen LogP contribution in [-0.4, -0.2) is 28.9 Å². The first-order chi connectivity index (χ1) is 11.3. The second-order valence-electron chi connectivity index (χ2n) is 6.13. The summed E-state index contributed by atoms with van der Waals surface area (Å²) in [6.07, 6.45) is 5.57. The fourth-order valence-corrected chi connectivity index (χ4v) is 3.09. The summed E-state index contributed by atoms with van der Waals surface area (Å²) in [4.78, 5) is 18.8. The average Bonchev–Trinajstić information content (AvgIpc) is 2.62. The van der Waals surface area contributed by atoms with E-state index in [0.29, 0.717) is 6.54 Å². The average molecular weight is 309 g/mol. The molecule has 0 aliphatic carbocycles. The molecule has 1 amide bonds. The van der Waals surface area contributed by atoms with Crippen LogP contribution in [0.5, 0.6) is 0 Å². The molecule has 1 N–H and O–H groups in total. The Morgan fingerprint density at radius 1 is 1.13 bits per heavy atom. The Balaban J connectivity index is 1.50. The molecule has 1 atom stereocenters. The summed E-state index contributed by atoms with van der Waals surface area (Å²) < 4.78 is 0. The smallest absolute Gasteiger partial charge is 0.224 e. The fraction of sp³-hybridized carbons (Fsp3) is 0.368. The number of likely N-dealkylation sites (tertiary alicyclic amines) is 1. The molecule has 1 saturated heterocycles. The summed E-state index contributed by atoms with van der Waals surface area (Å²) in [7, 11) is 0. The first kappa shape index (κ1) is 15.7. The third-order valence-corrected chi connectivity index (χ3v) is 4.34. The molecular formula is C19H23N3O. The molecule has 2 aromatic rings. The Bertz CT molecular complexity index is 615. The summed E-state index contributed by atoms with van der Waals surface area (Å²) in [5.74, 6) is 0.258. The minimum absolute atomic E-state index is 0.0919. The summed E-state index contributed by atoms with van der Waals surface area (Å²) >= 11 is 0. The summed E-state index contributed by atoms with van der Waals surface area (Å²) in [5.41, 5.74) is 2.40. The van der Waals surface area contributed by atoms with Crippen molar-refractivity contribution in [1.82, 2.24) is 15.2 Å². The second kappa shape index (κ2) is 7.88. The second-order valence-corrected chi connectivity index (χ2v) is 6.13. The van der Waals surface area contributed by atoms with Crippen LogP contribution in [0.3, 0.4) is 0 Å². The monoisotopic (exact) mass is 309 g/mol. The highest BCUT2D eigenvalue weighted by Crippen LogP contribution is 2.19. The van der Waals surface area contributed by atoms with Crippen LogP contribution in [0.2, 0.25) is 0 Å². The van der Waals surface area contributed by atoms with Crippen molar-refractivity contribution in [2.45, 2.75) is 25.9 Å². The van der Waals surface area contributed by atoms with E-state index >= 15 is 0 Å². The number of pyridine rings is 1. The third-order valence-electron chi connectivity index (χ3n) is 4.34. The molecule has 1 aromatic heterocycles. The zero-order chi connectivity index (χ0) is 15.9. The molecule has 0 spiro atoms. The number of benzene rings is 1. The normalized spacial score (nSPS) is 18.5. The molecule has 2 heterocycles. The van der Waals surface area contributed by atoms with Crippen molar-refractivity contribution >= 4 is 5.91 Å². The Morgan fingerprint density at radius 2 is 1.91 bits per heavy atom. The lowest BCUT2D eigenvalue weighted by Crippen LogP contribution is -2.42. The van der Waals surface area contributed by atoms with Gasteiger partial charge in [0.1, 0.15) is 0 Å². The number of nitrogens with one attached hydrogen (secondary N) is 1. The van der Waals surface area contributed by atoms with Gasteiger partial charge in [0.15, 0.2) is 0 Å². The summed E-state index contributed by atoms with van der Waals surface area (Å²) in [5, 5.41) is 3.06. The molecule has 0 saturated carbocycles. The van der Waals surface area contributed by atoms with Crippen LogP contribution in [0.25, 0.3) is 0 Å². The van der Waals surface area contributed by atoms with E-state index in [4.69, 9.17) is 0 Å². The summed E-state index contributed by atoms with van der Waals surface area (Å²) in [6, 6.07) is 14.3. The van der Waals surface area contributed by atoms with Gasteiger partial charge in [-0.25, -0.2) is 0 Å². The van der Waals surface area contributed by atoms with Crippen molar-refractivity contribution in [1.29, 1.82) is 0 Å².